The number of aromatic hydroxyl groups is 1. The molecule has 0 spiro atoms. The molecule has 2 heterocycles. The molecule has 0 aliphatic carbocycles. The Hall–Kier alpha value is -2.66. The molecule has 5 heteroatoms. The van der Waals surface area contributed by atoms with Crippen LogP contribution in [-0.2, 0) is 0 Å². The molecule has 0 unspecified atom stereocenters. The number of allylic oxidation sites excluding steroid dienone is 4. The maximum absolute atomic E-state index is 10.6. The van der Waals surface area contributed by atoms with Crippen molar-refractivity contribution in [3.05, 3.63) is 63.7 Å². The van der Waals surface area contributed by atoms with Crippen molar-refractivity contribution in [3.63, 3.8) is 0 Å². The second kappa shape index (κ2) is 6.25. The predicted molar refractivity (Wildman–Crippen MR) is 108 cm³/mol. The molecule has 2 aromatic carbocycles. The van der Waals surface area contributed by atoms with E-state index in [2.05, 4.69) is 37.6 Å². The summed E-state index contributed by atoms with van der Waals surface area (Å²) in [7, 11) is 0. The fourth-order valence-electron chi connectivity index (χ4n) is 3.16. The molecular formula is C21H20N2O2S. The molecule has 0 amide bonds. The molecule has 0 atom stereocenters. The molecule has 1 aliphatic heterocycles. The van der Waals surface area contributed by atoms with Crippen LogP contribution in [0.4, 0.5) is 5.69 Å². The highest BCUT2D eigenvalue weighted by Gasteiger charge is 2.22. The SMILES string of the molecule is CC1=C(C)N(c2ccc(-c3nc4ccccc4o3)c(O)c2)C(C)=C(C)S1. The van der Waals surface area contributed by atoms with Crippen LogP contribution in [0.25, 0.3) is 22.6 Å². The number of hydrogen-bond acceptors (Lipinski definition) is 5. The predicted octanol–water partition coefficient (Wildman–Crippen LogP) is 6.26. The molecule has 1 N–H and O–H groups in total. The summed E-state index contributed by atoms with van der Waals surface area (Å²) in [5.41, 5.74) is 5.36. The van der Waals surface area contributed by atoms with Crippen molar-refractivity contribution >= 4 is 28.5 Å². The summed E-state index contributed by atoms with van der Waals surface area (Å²) in [6.07, 6.45) is 0. The maximum Gasteiger partial charge on any atom is 0.231 e. The lowest BCUT2D eigenvalue weighted by atomic mass is 10.1. The Morgan fingerprint density at radius 2 is 1.65 bits per heavy atom. The topological polar surface area (TPSA) is 49.5 Å². The second-order valence-corrected chi connectivity index (χ2v) is 7.84. The molecular weight excluding hydrogens is 344 g/mol. The smallest absolute Gasteiger partial charge is 0.231 e. The number of rotatable bonds is 2. The monoisotopic (exact) mass is 364 g/mol. The zero-order valence-corrected chi connectivity index (χ0v) is 16.0. The fraction of sp³-hybridized carbons (Fsp3) is 0.190. The average Bonchev–Trinajstić information content (AvgIpc) is 3.04. The number of phenolic OH excluding ortho intramolecular Hbond substituents is 1. The normalized spacial score (nSPS) is 15.3. The zero-order chi connectivity index (χ0) is 18.4. The molecule has 26 heavy (non-hydrogen) atoms. The highest BCUT2D eigenvalue weighted by molar-refractivity contribution is 8.06. The Morgan fingerprint density at radius 1 is 0.962 bits per heavy atom. The number of nitrogens with zero attached hydrogens (tertiary/aromatic N) is 2. The van der Waals surface area contributed by atoms with Gasteiger partial charge in [0.05, 0.1) is 5.56 Å². The summed E-state index contributed by atoms with van der Waals surface area (Å²) in [4.78, 5) is 9.17. The lowest BCUT2D eigenvalue weighted by Gasteiger charge is -2.33. The summed E-state index contributed by atoms with van der Waals surface area (Å²) in [6.45, 7) is 8.44. The van der Waals surface area contributed by atoms with Crippen molar-refractivity contribution in [1.82, 2.24) is 4.98 Å². The van der Waals surface area contributed by atoms with Gasteiger partial charge in [0, 0.05) is 33.0 Å². The summed E-state index contributed by atoms with van der Waals surface area (Å²) >= 11 is 1.79. The number of fused-ring (bicyclic) bond motifs is 1. The Bertz CT molecular complexity index is 1020. The van der Waals surface area contributed by atoms with Crippen LogP contribution < -0.4 is 4.90 Å². The third-order valence-corrected chi connectivity index (χ3v) is 5.96. The van der Waals surface area contributed by atoms with E-state index in [1.807, 2.05) is 36.4 Å². The standard InChI is InChI=1S/C21H20N2O2S/c1-12-14(3)26-15(4)13(2)23(12)16-9-10-17(19(24)11-16)21-22-18-7-5-6-8-20(18)25-21/h5-11,24H,1-4H3. The number of hydrogen-bond donors (Lipinski definition) is 1. The number of aromatic nitrogens is 1. The number of anilines is 1. The first kappa shape index (κ1) is 16.8. The van der Waals surface area contributed by atoms with Crippen molar-refractivity contribution < 1.29 is 9.52 Å². The third kappa shape index (κ3) is 2.69. The first-order valence-electron chi connectivity index (χ1n) is 8.47. The van der Waals surface area contributed by atoms with E-state index in [1.54, 1.807) is 17.8 Å². The number of oxazole rings is 1. The van der Waals surface area contributed by atoms with E-state index in [0.717, 1.165) is 11.2 Å². The van der Waals surface area contributed by atoms with Gasteiger partial charge in [0.25, 0.3) is 0 Å². The van der Waals surface area contributed by atoms with E-state index < -0.39 is 0 Å². The number of benzene rings is 2. The van der Waals surface area contributed by atoms with Crippen molar-refractivity contribution in [2.75, 3.05) is 4.90 Å². The van der Waals surface area contributed by atoms with Crippen molar-refractivity contribution in [2.24, 2.45) is 0 Å². The molecule has 0 fully saturated rings. The maximum atomic E-state index is 10.6. The van der Waals surface area contributed by atoms with Crippen LogP contribution in [0.1, 0.15) is 27.7 Å². The van der Waals surface area contributed by atoms with Gasteiger partial charge in [-0.2, -0.15) is 0 Å². The largest absolute Gasteiger partial charge is 0.507 e. The summed E-state index contributed by atoms with van der Waals surface area (Å²) in [6, 6.07) is 13.2. The molecule has 4 nitrogen and oxygen atoms in total. The van der Waals surface area contributed by atoms with Gasteiger partial charge in [-0.1, -0.05) is 23.9 Å². The van der Waals surface area contributed by atoms with Crippen molar-refractivity contribution in [1.29, 1.82) is 0 Å². The third-order valence-electron chi connectivity index (χ3n) is 4.76. The van der Waals surface area contributed by atoms with E-state index in [4.69, 9.17) is 4.42 Å². The zero-order valence-electron chi connectivity index (χ0n) is 15.2. The van der Waals surface area contributed by atoms with Gasteiger partial charge in [0.15, 0.2) is 5.58 Å². The molecule has 1 aliphatic rings. The molecule has 132 valence electrons. The van der Waals surface area contributed by atoms with Gasteiger partial charge in [-0.05, 0) is 52.0 Å². The minimum atomic E-state index is 0.156. The fourth-order valence-corrected chi connectivity index (χ4v) is 4.10. The minimum absolute atomic E-state index is 0.156. The van der Waals surface area contributed by atoms with Gasteiger partial charge in [-0.15, -0.1) is 0 Å². The van der Waals surface area contributed by atoms with Crippen molar-refractivity contribution in [3.8, 4) is 17.2 Å². The first-order valence-corrected chi connectivity index (χ1v) is 9.29. The van der Waals surface area contributed by atoms with E-state index in [1.165, 1.54) is 21.2 Å². The van der Waals surface area contributed by atoms with Gasteiger partial charge in [-0.3, -0.25) is 0 Å². The molecule has 0 bridgehead atoms. The van der Waals surface area contributed by atoms with Crippen LogP contribution in [0, 0.1) is 0 Å². The van der Waals surface area contributed by atoms with Crippen molar-refractivity contribution in [2.45, 2.75) is 27.7 Å². The summed E-state index contributed by atoms with van der Waals surface area (Å²) < 4.78 is 5.79. The number of phenols is 1. The van der Waals surface area contributed by atoms with E-state index in [9.17, 15) is 5.11 Å². The highest BCUT2D eigenvalue weighted by Crippen LogP contribution is 2.42. The first-order chi connectivity index (χ1) is 12.5. The van der Waals surface area contributed by atoms with Crippen LogP contribution in [0.5, 0.6) is 5.75 Å². The van der Waals surface area contributed by atoms with E-state index in [0.29, 0.717) is 17.0 Å². The lowest BCUT2D eigenvalue weighted by Crippen LogP contribution is -2.22. The molecule has 4 rings (SSSR count). The van der Waals surface area contributed by atoms with Crippen LogP contribution in [0.2, 0.25) is 0 Å². The summed E-state index contributed by atoms with van der Waals surface area (Å²) in [5, 5.41) is 10.6. The molecule has 3 aromatic rings. The lowest BCUT2D eigenvalue weighted by molar-refractivity contribution is 0.474. The molecule has 0 saturated carbocycles. The van der Waals surface area contributed by atoms with E-state index in [-0.39, 0.29) is 5.75 Å². The summed E-state index contributed by atoms with van der Waals surface area (Å²) in [5.74, 6) is 0.583. The average molecular weight is 364 g/mol. The van der Waals surface area contributed by atoms with Crippen LogP contribution in [0.15, 0.2) is 68.1 Å². The van der Waals surface area contributed by atoms with Crippen LogP contribution >= 0.6 is 11.8 Å². The van der Waals surface area contributed by atoms with Gasteiger partial charge < -0.3 is 14.4 Å². The van der Waals surface area contributed by atoms with Gasteiger partial charge in [0.2, 0.25) is 5.89 Å². The molecule has 1 aromatic heterocycles. The second-order valence-electron chi connectivity index (χ2n) is 6.41. The van der Waals surface area contributed by atoms with Crippen LogP contribution in [0.3, 0.4) is 0 Å². The van der Waals surface area contributed by atoms with Gasteiger partial charge in [0.1, 0.15) is 11.3 Å². The van der Waals surface area contributed by atoms with E-state index >= 15 is 0 Å². The highest BCUT2D eigenvalue weighted by atomic mass is 32.2. The molecule has 0 radical (unpaired) electrons. The Morgan fingerprint density at radius 3 is 2.31 bits per heavy atom. The Balaban J connectivity index is 1.78. The van der Waals surface area contributed by atoms with Crippen LogP contribution in [-0.4, -0.2) is 10.1 Å². The number of thioether (sulfide) groups is 1. The van der Waals surface area contributed by atoms with Gasteiger partial charge in [-0.25, -0.2) is 4.98 Å². The minimum Gasteiger partial charge on any atom is -0.507 e. The quantitative estimate of drug-likeness (QED) is 0.582. The Kier molecular flexibility index (Phi) is 4.04. The van der Waals surface area contributed by atoms with Gasteiger partial charge >= 0.3 is 0 Å². The Labute approximate surface area is 156 Å². The molecule has 0 saturated heterocycles. The number of para-hydroxylation sites is 2.